The molecule has 0 amide bonds. The van der Waals surface area contributed by atoms with E-state index >= 15 is 0 Å². The van der Waals surface area contributed by atoms with Gasteiger partial charge in [-0.1, -0.05) is 12.1 Å². The molecule has 2 aromatic rings. The van der Waals surface area contributed by atoms with Crippen molar-refractivity contribution < 1.29 is 36.3 Å². The number of para-hydroxylation sites is 2. The van der Waals surface area contributed by atoms with E-state index in [1.54, 1.807) is 0 Å². The van der Waals surface area contributed by atoms with Crippen molar-refractivity contribution in [3.8, 4) is 5.75 Å². The molecule has 0 saturated heterocycles. The Morgan fingerprint density at radius 1 is 1.25 bits per heavy atom. The van der Waals surface area contributed by atoms with Gasteiger partial charge >= 0.3 is 12.6 Å². The van der Waals surface area contributed by atoms with Crippen LogP contribution < -0.4 is 9.46 Å². The van der Waals surface area contributed by atoms with E-state index < -0.39 is 38.8 Å². The van der Waals surface area contributed by atoms with Gasteiger partial charge in [0.05, 0.1) is 5.69 Å². The highest BCUT2D eigenvalue weighted by Gasteiger charge is 2.31. The van der Waals surface area contributed by atoms with Gasteiger partial charge in [-0.25, -0.2) is 13.2 Å². The molecule has 0 saturated carbocycles. The molecule has 0 aliphatic heterocycles. The minimum absolute atomic E-state index is 0.0857. The van der Waals surface area contributed by atoms with Gasteiger partial charge in [0, 0.05) is 0 Å². The zero-order chi connectivity index (χ0) is 18.1. The van der Waals surface area contributed by atoms with Crippen molar-refractivity contribution >= 4 is 21.7 Å². The summed E-state index contributed by atoms with van der Waals surface area (Å²) in [7, 11) is -4.41. The lowest BCUT2D eigenvalue weighted by Gasteiger charge is -2.13. The van der Waals surface area contributed by atoms with Gasteiger partial charge in [-0.3, -0.25) is 4.72 Å². The fraction of sp³-hybridized carbons (Fsp3) is 0.214. The molecule has 0 aliphatic rings. The number of hydrogen-bond donors (Lipinski definition) is 2. The number of alkyl halides is 2. The number of sulfonamides is 1. The van der Waals surface area contributed by atoms with E-state index in [0.29, 0.717) is 0 Å². The van der Waals surface area contributed by atoms with Gasteiger partial charge in [0.2, 0.25) is 0 Å². The number of halogens is 2. The van der Waals surface area contributed by atoms with Gasteiger partial charge in [-0.15, -0.1) is 0 Å². The summed E-state index contributed by atoms with van der Waals surface area (Å²) in [5.41, 5.74) is -0.778. The standard InChI is InChI=1S/C14H13F2NO6S/c1-7-11(13(18)19)12(8(2)22-7)24(20,21)17-9-5-3-4-6-10(9)23-14(15)16/h3-6,14,17H,1-2H3,(H,18,19). The topological polar surface area (TPSA) is 106 Å². The van der Waals surface area contributed by atoms with Gasteiger partial charge < -0.3 is 14.3 Å². The Morgan fingerprint density at radius 3 is 2.46 bits per heavy atom. The first-order valence-electron chi connectivity index (χ1n) is 6.53. The molecule has 0 unspecified atom stereocenters. The van der Waals surface area contributed by atoms with Gasteiger partial charge in [-0.2, -0.15) is 8.78 Å². The third-order valence-corrected chi connectivity index (χ3v) is 4.55. The maximum absolute atomic E-state index is 12.5. The first-order valence-corrected chi connectivity index (χ1v) is 8.01. The molecule has 2 N–H and O–H groups in total. The third-order valence-electron chi connectivity index (χ3n) is 3.04. The molecular formula is C14H13F2NO6S. The van der Waals surface area contributed by atoms with Crippen molar-refractivity contribution in [2.24, 2.45) is 0 Å². The van der Waals surface area contributed by atoms with Crippen LogP contribution in [-0.4, -0.2) is 26.1 Å². The highest BCUT2D eigenvalue weighted by molar-refractivity contribution is 7.92. The molecule has 7 nitrogen and oxygen atoms in total. The predicted octanol–water partition coefficient (Wildman–Crippen LogP) is 3.00. The number of nitrogens with one attached hydrogen (secondary N) is 1. The molecule has 0 fully saturated rings. The van der Waals surface area contributed by atoms with Gasteiger partial charge in [0.25, 0.3) is 10.0 Å². The van der Waals surface area contributed by atoms with Crippen molar-refractivity contribution in [1.82, 2.24) is 0 Å². The van der Waals surface area contributed by atoms with Crippen LogP contribution in [0.25, 0.3) is 0 Å². The van der Waals surface area contributed by atoms with Gasteiger partial charge in [0.15, 0.2) is 0 Å². The normalized spacial score (nSPS) is 11.5. The maximum atomic E-state index is 12.5. The second-order valence-corrected chi connectivity index (χ2v) is 6.32. The molecule has 10 heteroatoms. The minimum atomic E-state index is -4.41. The lowest BCUT2D eigenvalue weighted by atomic mass is 10.2. The second-order valence-electron chi connectivity index (χ2n) is 4.70. The Bertz CT molecular complexity index is 875. The molecule has 24 heavy (non-hydrogen) atoms. The number of furan rings is 1. The molecular weight excluding hydrogens is 348 g/mol. The molecule has 0 aliphatic carbocycles. The monoisotopic (exact) mass is 361 g/mol. The van der Waals surface area contributed by atoms with E-state index in [0.717, 1.165) is 6.07 Å². The van der Waals surface area contributed by atoms with Crippen molar-refractivity contribution in [2.75, 3.05) is 4.72 Å². The molecule has 1 aromatic carbocycles. The average molecular weight is 361 g/mol. The van der Waals surface area contributed by atoms with Crippen LogP contribution in [0.1, 0.15) is 21.9 Å². The number of carboxylic acids is 1. The van der Waals surface area contributed by atoms with E-state index in [9.17, 15) is 27.1 Å². The molecule has 0 radical (unpaired) electrons. The lowest BCUT2D eigenvalue weighted by Crippen LogP contribution is -2.18. The molecule has 1 aromatic heterocycles. The number of hydrogen-bond acceptors (Lipinski definition) is 5. The number of benzene rings is 1. The van der Waals surface area contributed by atoms with Crippen LogP contribution >= 0.6 is 0 Å². The fourth-order valence-corrected chi connectivity index (χ4v) is 3.66. The minimum Gasteiger partial charge on any atom is -0.478 e. The summed E-state index contributed by atoms with van der Waals surface area (Å²) in [6.45, 7) is -0.554. The van der Waals surface area contributed by atoms with Crippen LogP contribution in [-0.2, 0) is 10.0 Å². The third kappa shape index (κ3) is 3.48. The zero-order valence-corrected chi connectivity index (χ0v) is 13.4. The van der Waals surface area contributed by atoms with E-state index in [2.05, 4.69) is 4.74 Å². The van der Waals surface area contributed by atoms with Crippen molar-refractivity contribution in [2.45, 2.75) is 25.4 Å². The largest absolute Gasteiger partial charge is 0.478 e. The first kappa shape index (κ1) is 17.7. The summed E-state index contributed by atoms with van der Waals surface area (Å²) in [5.74, 6) is -2.10. The van der Waals surface area contributed by atoms with Crippen molar-refractivity contribution in [3.63, 3.8) is 0 Å². The Hall–Kier alpha value is -2.62. The number of aryl methyl sites for hydroxylation is 2. The molecule has 0 atom stereocenters. The van der Waals surface area contributed by atoms with E-state index in [1.807, 2.05) is 4.72 Å². The fourth-order valence-electron chi connectivity index (χ4n) is 2.18. The summed E-state index contributed by atoms with van der Waals surface area (Å²) in [6, 6.07) is 5.14. The summed E-state index contributed by atoms with van der Waals surface area (Å²) >= 11 is 0. The lowest BCUT2D eigenvalue weighted by molar-refractivity contribution is -0.0493. The van der Waals surface area contributed by atoms with Gasteiger partial charge in [-0.05, 0) is 26.0 Å². The number of rotatable bonds is 6. The van der Waals surface area contributed by atoms with E-state index in [4.69, 9.17) is 4.42 Å². The molecule has 1 heterocycles. The highest BCUT2D eigenvalue weighted by atomic mass is 32.2. The number of aromatic carboxylic acids is 1. The zero-order valence-electron chi connectivity index (χ0n) is 12.5. The smallest absolute Gasteiger partial charge is 0.387 e. The summed E-state index contributed by atoms with van der Waals surface area (Å²) < 4.78 is 61.2. The van der Waals surface area contributed by atoms with Crippen LogP contribution in [0.4, 0.5) is 14.5 Å². The highest BCUT2D eigenvalue weighted by Crippen LogP contribution is 2.32. The first-order chi connectivity index (χ1) is 11.1. The summed E-state index contributed by atoms with van der Waals surface area (Å²) in [5, 5.41) is 9.19. The van der Waals surface area contributed by atoms with Crippen LogP contribution in [0, 0.1) is 13.8 Å². The maximum Gasteiger partial charge on any atom is 0.387 e. The Balaban J connectivity index is 2.50. The molecule has 0 spiro atoms. The molecule has 2 rings (SSSR count). The molecule has 130 valence electrons. The Labute approximate surface area is 135 Å². The SMILES string of the molecule is Cc1oc(C)c(S(=O)(=O)Nc2ccccc2OC(F)F)c1C(=O)O. The Morgan fingerprint density at radius 2 is 1.88 bits per heavy atom. The number of carbonyl (C=O) groups is 1. The van der Waals surface area contributed by atoms with Crippen molar-refractivity contribution in [1.29, 1.82) is 0 Å². The van der Waals surface area contributed by atoms with E-state index in [1.165, 1.54) is 32.0 Å². The predicted molar refractivity (Wildman–Crippen MR) is 79.0 cm³/mol. The number of anilines is 1. The van der Waals surface area contributed by atoms with Crippen LogP contribution in [0.5, 0.6) is 5.75 Å². The van der Waals surface area contributed by atoms with Crippen LogP contribution in [0.15, 0.2) is 33.6 Å². The second kappa shape index (κ2) is 6.48. The number of ether oxygens (including phenoxy) is 1. The van der Waals surface area contributed by atoms with E-state index in [-0.39, 0.29) is 17.2 Å². The van der Waals surface area contributed by atoms with Crippen LogP contribution in [0.3, 0.4) is 0 Å². The average Bonchev–Trinajstić information content (AvgIpc) is 2.75. The Kier molecular flexibility index (Phi) is 4.78. The van der Waals surface area contributed by atoms with Crippen LogP contribution in [0.2, 0.25) is 0 Å². The quantitative estimate of drug-likeness (QED) is 0.819. The summed E-state index contributed by atoms with van der Waals surface area (Å²) in [6.07, 6.45) is 0. The number of carboxylic acid groups (broad SMARTS) is 1. The summed E-state index contributed by atoms with van der Waals surface area (Å²) in [4.78, 5) is 10.7. The molecule has 0 bridgehead atoms. The van der Waals surface area contributed by atoms with Crippen molar-refractivity contribution in [3.05, 3.63) is 41.3 Å². The van der Waals surface area contributed by atoms with Gasteiger partial charge in [0.1, 0.15) is 27.7 Å².